The number of amides is 2. The summed E-state index contributed by atoms with van der Waals surface area (Å²) < 4.78 is 24.1. The fourth-order valence-corrected chi connectivity index (χ4v) is 3.51. The van der Waals surface area contributed by atoms with Gasteiger partial charge in [-0.3, -0.25) is 4.68 Å². The molecule has 0 radical (unpaired) electrons. The number of likely N-dealkylation sites (tertiary alicyclic amines) is 1. The first-order valence-corrected chi connectivity index (χ1v) is 9.56. The first kappa shape index (κ1) is 16.8. The van der Waals surface area contributed by atoms with E-state index in [1.165, 1.54) is 6.26 Å². The molecule has 1 aromatic heterocycles. The number of aromatic nitrogens is 2. The van der Waals surface area contributed by atoms with Crippen molar-refractivity contribution in [1.29, 1.82) is 0 Å². The molecule has 1 N–H and O–H groups in total. The Morgan fingerprint density at radius 3 is 2.86 bits per heavy atom. The second-order valence-electron chi connectivity index (χ2n) is 6.07. The van der Waals surface area contributed by atoms with E-state index in [0.29, 0.717) is 13.0 Å². The number of hydrogen-bond donors (Lipinski definition) is 1. The molecular weight excluding hydrogens is 304 g/mol. The van der Waals surface area contributed by atoms with Crippen molar-refractivity contribution >= 4 is 15.9 Å². The quantitative estimate of drug-likeness (QED) is 0.877. The second kappa shape index (κ2) is 6.68. The molecule has 0 aromatic carbocycles. The van der Waals surface area contributed by atoms with Crippen LogP contribution >= 0.6 is 0 Å². The van der Waals surface area contributed by atoms with Crippen LogP contribution in [0.5, 0.6) is 0 Å². The summed E-state index contributed by atoms with van der Waals surface area (Å²) in [5, 5.41) is 7.06. The maximum absolute atomic E-state index is 12.4. The lowest BCUT2D eigenvalue weighted by atomic mass is 10.1. The van der Waals surface area contributed by atoms with Gasteiger partial charge in [0.1, 0.15) is 9.84 Å². The van der Waals surface area contributed by atoms with Crippen LogP contribution in [0.1, 0.15) is 37.8 Å². The molecule has 2 atom stereocenters. The Balaban J connectivity index is 1.93. The average molecular weight is 328 g/mol. The molecule has 7 nitrogen and oxygen atoms in total. The molecule has 1 fully saturated rings. The SMILES string of the molecule is C[C@H](CCS(C)(=O)=O)NC(=O)N1CCC[C@@H]1c1cnn(C)c1. The van der Waals surface area contributed by atoms with Crippen molar-refractivity contribution in [1.82, 2.24) is 20.0 Å². The zero-order chi connectivity index (χ0) is 16.3. The summed E-state index contributed by atoms with van der Waals surface area (Å²) in [6.45, 7) is 2.54. The zero-order valence-electron chi connectivity index (χ0n) is 13.3. The second-order valence-corrected chi connectivity index (χ2v) is 8.33. The smallest absolute Gasteiger partial charge is 0.318 e. The number of urea groups is 1. The molecule has 1 aliphatic heterocycles. The summed E-state index contributed by atoms with van der Waals surface area (Å²) >= 11 is 0. The normalized spacial score (nSPS) is 20.1. The fourth-order valence-electron chi connectivity index (χ4n) is 2.73. The largest absolute Gasteiger partial charge is 0.335 e. The van der Waals surface area contributed by atoms with E-state index in [9.17, 15) is 13.2 Å². The maximum atomic E-state index is 12.4. The van der Waals surface area contributed by atoms with E-state index in [1.54, 1.807) is 10.9 Å². The molecule has 1 saturated heterocycles. The molecule has 0 spiro atoms. The molecule has 22 heavy (non-hydrogen) atoms. The van der Waals surface area contributed by atoms with Gasteiger partial charge in [0.2, 0.25) is 0 Å². The Labute approximate surface area is 131 Å². The highest BCUT2D eigenvalue weighted by atomic mass is 32.2. The first-order valence-electron chi connectivity index (χ1n) is 7.49. The Kier molecular flexibility index (Phi) is 5.10. The minimum Gasteiger partial charge on any atom is -0.335 e. The Hall–Kier alpha value is -1.57. The predicted molar refractivity (Wildman–Crippen MR) is 84.2 cm³/mol. The minimum atomic E-state index is -3.00. The third-order valence-corrected chi connectivity index (χ3v) is 4.89. The highest BCUT2D eigenvalue weighted by Crippen LogP contribution is 2.31. The predicted octanol–water partition coefficient (Wildman–Crippen LogP) is 1.09. The van der Waals surface area contributed by atoms with Crippen LogP contribution in [-0.4, -0.2) is 53.7 Å². The Bertz CT molecular complexity index is 626. The van der Waals surface area contributed by atoms with Crippen LogP contribution in [-0.2, 0) is 16.9 Å². The molecule has 2 heterocycles. The minimum absolute atomic E-state index is 0.0517. The average Bonchev–Trinajstić information content (AvgIpc) is 3.03. The van der Waals surface area contributed by atoms with Gasteiger partial charge in [0, 0.05) is 37.7 Å². The van der Waals surface area contributed by atoms with Gasteiger partial charge in [-0.2, -0.15) is 5.10 Å². The van der Waals surface area contributed by atoms with Gasteiger partial charge in [-0.05, 0) is 26.2 Å². The lowest BCUT2D eigenvalue weighted by molar-refractivity contribution is 0.189. The number of aryl methyl sites for hydroxylation is 1. The Morgan fingerprint density at radius 2 is 2.27 bits per heavy atom. The maximum Gasteiger partial charge on any atom is 0.318 e. The van der Waals surface area contributed by atoms with Gasteiger partial charge >= 0.3 is 6.03 Å². The van der Waals surface area contributed by atoms with Gasteiger partial charge in [0.25, 0.3) is 0 Å². The van der Waals surface area contributed by atoms with Crippen LogP contribution in [0.3, 0.4) is 0 Å². The molecule has 1 aromatic rings. The van der Waals surface area contributed by atoms with Crippen LogP contribution in [0, 0.1) is 0 Å². The van der Waals surface area contributed by atoms with Crippen molar-refractivity contribution in [3.63, 3.8) is 0 Å². The number of hydrogen-bond acceptors (Lipinski definition) is 4. The van der Waals surface area contributed by atoms with Crippen LogP contribution in [0.25, 0.3) is 0 Å². The van der Waals surface area contributed by atoms with E-state index in [0.717, 1.165) is 18.4 Å². The van der Waals surface area contributed by atoms with Gasteiger partial charge in [-0.25, -0.2) is 13.2 Å². The van der Waals surface area contributed by atoms with Gasteiger partial charge in [0.05, 0.1) is 18.0 Å². The van der Waals surface area contributed by atoms with Crippen molar-refractivity contribution in [3.05, 3.63) is 18.0 Å². The first-order chi connectivity index (χ1) is 10.3. The third kappa shape index (κ3) is 4.46. The third-order valence-electron chi connectivity index (χ3n) is 3.91. The molecule has 0 unspecified atom stereocenters. The zero-order valence-corrected chi connectivity index (χ0v) is 14.1. The van der Waals surface area contributed by atoms with Crippen molar-refractivity contribution in [2.45, 2.75) is 38.3 Å². The van der Waals surface area contributed by atoms with Gasteiger partial charge in [-0.15, -0.1) is 0 Å². The summed E-state index contributed by atoms with van der Waals surface area (Å²) in [5.41, 5.74) is 1.04. The molecule has 0 saturated carbocycles. The number of nitrogens with zero attached hydrogens (tertiary/aromatic N) is 3. The molecule has 8 heteroatoms. The van der Waals surface area contributed by atoms with Crippen molar-refractivity contribution in [3.8, 4) is 0 Å². The van der Waals surface area contributed by atoms with Crippen molar-refractivity contribution in [2.75, 3.05) is 18.6 Å². The Morgan fingerprint density at radius 1 is 1.55 bits per heavy atom. The van der Waals surface area contributed by atoms with E-state index >= 15 is 0 Å². The molecule has 124 valence electrons. The van der Waals surface area contributed by atoms with Gasteiger partial charge in [0.15, 0.2) is 0 Å². The van der Waals surface area contributed by atoms with E-state index in [2.05, 4.69) is 10.4 Å². The molecule has 0 bridgehead atoms. The molecular formula is C14H24N4O3S. The van der Waals surface area contributed by atoms with E-state index < -0.39 is 9.84 Å². The number of sulfone groups is 1. The fraction of sp³-hybridized carbons (Fsp3) is 0.714. The van der Waals surface area contributed by atoms with Gasteiger partial charge in [-0.1, -0.05) is 0 Å². The monoisotopic (exact) mass is 328 g/mol. The van der Waals surface area contributed by atoms with Crippen molar-refractivity contribution < 1.29 is 13.2 Å². The summed E-state index contributed by atoms with van der Waals surface area (Å²) in [7, 11) is -1.14. The molecule has 1 aliphatic rings. The molecule has 2 amide bonds. The highest BCUT2D eigenvalue weighted by molar-refractivity contribution is 7.90. The standard InChI is InChI=1S/C14H24N4O3S/c1-11(6-8-22(3,20)21)16-14(19)18-7-4-5-13(18)12-9-15-17(2)10-12/h9-11,13H,4-8H2,1-3H3,(H,16,19)/t11-,13-/m1/s1. The molecule has 2 rings (SSSR count). The van der Waals surface area contributed by atoms with Crippen molar-refractivity contribution in [2.24, 2.45) is 7.05 Å². The van der Waals surface area contributed by atoms with E-state index in [1.807, 2.05) is 25.1 Å². The lowest BCUT2D eigenvalue weighted by Gasteiger charge is -2.26. The van der Waals surface area contributed by atoms with E-state index in [4.69, 9.17) is 0 Å². The van der Waals surface area contributed by atoms with Crippen LogP contribution < -0.4 is 5.32 Å². The van der Waals surface area contributed by atoms with E-state index in [-0.39, 0.29) is 23.9 Å². The van der Waals surface area contributed by atoms with Crippen LogP contribution in [0.4, 0.5) is 4.79 Å². The lowest BCUT2D eigenvalue weighted by Crippen LogP contribution is -2.43. The number of nitrogens with one attached hydrogen (secondary N) is 1. The summed E-state index contributed by atoms with van der Waals surface area (Å²) in [4.78, 5) is 14.2. The van der Waals surface area contributed by atoms with Gasteiger partial charge < -0.3 is 10.2 Å². The summed E-state index contributed by atoms with van der Waals surface area (Å²) in [6, 6.07) is -0.250. The number of rotatable bonds is 5. The topological polar surface area (TPSA) is 84.3 Å². The number of carbonyl (C=O) groups is 1. The van der Waals surface area contributed by atoms with Crippen LogP contribution in [0.2, 0.25) is 0 Å². The number of carbonyl (C=O) groups excluding carboxylic acids is 1. The summed E-state index contributed by atoms with van der Waals surface area (Å²) in [6.07, 6.45) is 7.25. The van der Waals surface area contributed by atoms with Crippen LogP contribution in [0.15, 0.2) is 12.4 Å². The highest BCUT2D eigenvalue weighted by Gasteiger charge is 2.31. The molecule has 0 aliphatic carbocycles. The summed E-state index contributed by atoms with van der Waals surface area (Å²) in [5.74, 6) is 0.0838.